The van der Waals surface area contributed by atoms with Crippen molar-refractivity contribution in [3.8, 4) is 11.1 Å². The second kappa shape index (κ2) is 12.3. The molecule has 0 amide bonds. The molecule has 220 valence electrons. The SMILES string of the molecule is [2H]c1c([2H])c([2H])c(-c2ccc3[se]c4ccccc4c3c2C2([2H])C(c3nnnc(C4([2H])C([2H])C([2H])([2H])C([2H])([2H])C([2H])([2H])C4([2H])[2H])c3C3([2H])C([2H])C([2H])([2H])C([2H])([2H])C([2H])([2H])C3([2H])[2H])C([2H])([2H])C([2H])([2H])C([2H])([2H])C2([2H])[2H])c([2H])c1[2H]. The van der Waals surface area contributed by atoms with Crippen LogP contribution in [-0.4, -0.2) is 29.9 Å². The maximum atomic E-state index is 10.9. The van der Waals surface area contributed by atoms with E-state index in [4.69, 9.17) is 23.3 Å². The molecule has 5 aromatic rings. The summed E-state index contributed by atoms with van der Waals surface area (Å²) in [5.74, 6) is -16.8. The van der Waals surface area contributed by atoms with Gasteiger partial charge >= 0.3 is 306 Å². The van der Waals surface area contributed by atoms with Gasteiger partial charge in [0.15, 0.2) is 0 Å². The number of benzene rings is 3. The van der Waals surface area contributed by atoms with E-state index in [0.29, 0.717) is 4.26 Å². The van der Waals surface area contributed by atoms with Crippen molar-refractivity contribution in [3.63, 3.8) is 0 Å². The standard InChI is InChI=1S/C39H43N3Se/c1-4-14-26(15-5-1)29-24-25-34-37(32-22-12-13-23-33(32)43-34)36(29)30-20-10-11-21-31(30)39-35(27-16-6-2-7-17-27)38(40-42-41-39)28-18-8-3-9-19-28/h1,4-5,12-15,22-25,27-28,30-31H,2-3,6-11,16-21H2/i1D,2D2,3D2,4D,5D,6D2,7D2,8D2,9D2,10D2,11D2,14D,15D,16D,17D2,18D,19D2,20D2,21D2,27D,28D,30D. The Morgan fingerprint density at radius 2 is 1.44 bits per heavy atom. The molecule has 2 aromatic heterocycles. The van der Waals surface area contributed by atoms with Crippen molar-refractivity contribution in [3.05, 3.63) is 89.1 Å². The van der Waals surface area contributed by atoms with Gasteiger partial charge in [0.2, 0.25) is 0 Å². The third kappa shape index (κ3) is 5.19. The summed E-state index contributed by atoms with van der Waals surface area (Å²) < 4.78 is 313. The number of hydrogen-bond acceptors (Lipinski definition) is 3. The summed E-state index contributed by atoms with van der Waals surface area (Å²) in [5, 5.41) is 10.5. The van der Waals surface area contributed by atoms with E-state index < -0.39 is 191 Å². The molecule has 8 rings (SSSR count). The van der Waals surface area contributed by atoms with Crippen molar-refractivity contribution >= 4 is 33.8 Å². The zero-order valence-corrected chi connectivity index (χ0v) is 23.7. The summed E-state index contributed by atoms with van der Waals surface area (Å²) in [6.07, 6.45) is -59.5. The molecule has 3 aliphatic rings. The topological polar surface area (TPSA) is 38.7 Å². The van der Waals surface area contributed by atoms with Gasteiger partial charge in [-0.1, -0.05) is 0 Å². The number of fused-ring (bicyclic) bond motifs is 3. The fourth-order valence-corrected chi connectivity index (χ4v) is 7.60. The molecule has 0 radical (unpaired) electrons. The zero-order valence-electron chi connectivity index (χ0n) is 55.9. The second-order valence-electron chi connectivity index (χ2n) is 9.38. The van der Waals surface area contributed by atoms with Gasteiger partial charge in [-0.15, -0.1) is 0 Å². The van der Waals surface area contributed by atoms with Crippen LogP contribution >= 0.6 is 0 Å². The Morgan fingerprint density at radius 1 is 0.698 bits per heavy atom. The van der Waals surface area contributed by atoms with E-state index in [0.717, 1.165) is 6.07 Å². The van der Waals surface area contributed by atoms with Crippen LogP contribution < -0.4 is 0 Å². The van der Waals surface area contributed by atoms with Crippen LogP contribution in [-0.2, 0) is 0 Å². The first-order chi connectivity index (χ1) is 34.4. The van der Waals surface area contributed by atoms with E-state index in [2.05, 4.69) is 15.4 Å². The molecule has 0 N–H and O–H groups in total. The molecule has 6 unspecified atom stereocenters. The Kier molecular flexibility index (Phi) is 2.68. The van der Waals surface area contributed by atoms with Gasteiger partial charge in [0, 0.05) is 2.74 Å². The van der Waals surface area contributed by atoms with Crippen LogP contribution in [0.2, 0.25) is 0 Å². The van der Waals surface area contributed by atoms with Crippen LogP contribution in [0.25, 0.3) is 30.4 Å². The average molecular weight is 667 g/mol. The van der Waals surface area contributed by atoms with Gasteiger partial charge in [-0.25, -0.2) is 0 Å². The fourth-order valence-electron chi connectivity index (χ4n) is 5.27. The first-order valence-corrected chi connectivity index (χ1v) is 14.7. The van der Waals surface area contributed by atoms with Gasteiger partial charge in [0.25, 0.3) is 0 Å². The van der Waals surface area contributed by atoms with Crippen molar-refractivity contribution in [1.29, 1.82) is 0 Å². The van der Waals surface area contributed by atoms with Gasteiger partial charge < -0.3 is 0 Å². The number of nitrogens with zero attached hydrogens (tertiary/aromatic N) is 3. The van der Waals surface area contributed by atoms with Crippen molar-refractivity contribution in [2.45, 2.75) is 113 Å². The summed E-state index contributed by atoms with van der Waals surface area (Å²) in [6, 6.07) is 3.07. The van der Waals surface area contributed by atoms with E-state index in [1.54, 1.807) is 12.1 Å². The average Bonchev–Trinajstić information content (AvgIpc) is 3.71. The molecule has 0 aliphatic heterocycles. The van der Waals surface area contributed by atoms with Crippen LogP contribution in [0.4, 0.5) is 0 Å². The summed E-state index contributed by atoms with van der Waals surface area (Å²) in [5.41, 5.74) is -8.80. The minimum atomic E-state index is -4.63. The summed E-state index contributed by atoms with van der Waals surface area (Å²) >= 11 is -0.915. The molecule has 3 aliphatic carbocycles. The summed E-state index contributed by atoms with van der Waals surface area (Å²) in [7, 11) is 0. The quantitative estimate of drug-likeness (QED) is 0.175. The molecule has 43 heavy (non-hydrogen) atoms. The molecule has 3 nitrogen and oxygen atoms in total. The van der Waals surface area contributed by atoms with Crippen LogP contribution in [0.15, 0.2) is 66.6 Å². The predicted molar refractivity (Wildman–Crippen MR) is 179 cm³/mol. The summed E-state index contributed by atoms with van der Waals surface area (Å²) in [6.45, 7) is 0. The third-order valence-electron chi connectivity index (χ3n) is 7.03. The van der Waals surface area contributed by atoms with Crippen molar-refractivity contribution < 1.29 is 46.6 Å². The normalized spacial score (nSPS) is 59.0. The molecule has 0 bridgehead atoms. The molecular weight excluding hydrogens is 589 g/mol. The van der Waals surface area contributed by atoms with Crippen molar-refractivity contribution in [2.75, 3.05) is 0 Å². The zero-order chi connectivity index (χ0) is 59.0. The molecule has 3 saturated carbocycles. The predicted octanol–water partition coefficient (Wildman–Crippen LogP) is 10.4. The Bertz CT molecular complexity index is 3290. The van der Waals surface area contributed by atoms with Gasteiger partial charge in [0.05, 0.1) is 0 Å². The molecule has 2 heterocycles. The minimum absolute atomic E-state index is 0.0519. The maximum absolute atomic E-state index is 10.9. The van der Waals surface area contributed by atoms with Gasteiger partial charge in [-0.3, -0.25) is 0 Å². The molecular formula is C39H43N3Se. The van der Waals surface area contributed by atoms with Crippen LogP contribution in [0.1, 0.15) is 182 Å². The summed E-state index contributed by atoms with van der Waals surface area (Å²) in [4.78, 5) is 0. The Balaban J connectivity index is 1.73. The first-order valence-electron chi connectivity index (χ1n) is 30.2. The number of hydrogen-bond donors (Lipinski definition) is 0. The van der Waals surface area contributed by atoms with Gasteiger partial charge in [0.1, 0.15) is 0 Å². The van der Waals surface area contributed by atoms with E-state index in [9.17, 15) is 23.3 Å². The van der Waals surface area contributed by atoms with Gasteiger partial charge in [-0.2, -0.15) is 0 Å². The molecule has 0 spiro atoms. The van der Waals surface area contributed by atoms with Crippen LogP contribution in [0.3, 0.4) is 0 Å². The van der Waals surface area contributed by atoms with E-state index in [-0.39, 0.29) is 15.0 Å². The molecule has 3 aromatic carbocycles. The molecule has 6 atom stereocenters. The fraction of sp³-hybridized carbons (Fsp3) is 0.462. The molecule has 0 saturated heterocycles. The first kappa shape index (κ1) is 9.36. The molecule has 4 heteroatoms. The Hall–Kier alpha value is -2.81. The van der Waals surface area contributed by atoms with Crippen molar-refractivity contribution in [2.24, 2.45) is 0 Å². The number of rotatable bonds is 5. The van der Waals surface area contributed by atoms with Gasteiger partial charge in [-0.05, 0) is 0 Å². The van der Waals surface area contributed by atoms with Crippen molar-refractivity contribution in [1.82, 2.24) is 15.4 Å². The Morgan fingerprint density at radius 3 is 2.33 bits per heavy atom. The van der Waals surface area contributed by atoms with E-state index >= 15 is 0 Å². The Labute approximate surface area is 310 Å². The molecule has 3 fully saturated rings. The monoisotopic (exact) mass is 667 g/mol. The number of aromatic nitrogens is 3. The van der Waals surface area contributed by atoms with E-state index in [1.807, 2.05) is 0 Å². The van der Waals surface area contributed by atoms with Crippen LogP contribution in [0.5, 0.6) is 0 Å². The third-order valence-corrected chi connectivity index (χ3v) is 9.42. The van der Waals surface area contributed by atoms with E-state index in [1.165, 1.54) is 18.2 Å². The second-order valence-corrected chi connectivity index (χ2v) is 11.7. The van der Waals surface area contributed by atoms with Crippen LogP contribution in [0, 0.1) is 0 Å².